The van der Waals surface area contributed by atoms with Gasteiger partial charge in [-0.15, -0.1) is 0 Å². The number of para-hydroxylation sites is 2. The second-order valence-corrected chi connectivity index (χ2v) is 4.30. The van der Waals surface area contributed by atoms with Crippen molar-refractivity contribution >= 4 is 17.3 Å². The van der Waals surface area contributed by atoms with Crippen molar-refractivity contribution < 1.29 is 44.8 Å². The van der Waals surface area contributed by atoms with Gasteiger partial charge >= 0.3 is 30.1 Å². The number of nitrogens with zero attached hydrogens (tertiary/aromatic N) is 1. The van der Waals surface area contributed by atoms with Crippen LogP contribution in [0.4, 0.5) is 46.5 Å². The third-order valence-electron chi connectivity index (χ3n) is 2.72. The highest BCUT2D eigenvalue weighted by Gasteiger charge is 2.78. The average Bonchev–Trinajstić information content (AvgIpc) is 2.46. The van der Waals surface area contributed by atoms with Gasteiger partial charge in [-0.1, -0.05) is 12.1 Å². The van der Waals surface area contributed by atoms with Crippen LogP contribution >= 0.6 is 0 Å². The summed E-state index contributed by atoms with van der Waals surface area (Å²) < 4.78 is 102. The standard InChI is InChI=1S/C11H6F8N2O3/c12-7(13)9(14,15)11(18,19)10(16,17)8(22)20-5-3-1-2-4-6(5)21(23)24/h1-4,7H,(H,20,22). The molecule has 0 atom stereocenters. The molecular weight excluding hydrogens is 360 g/mol. The van der Waals surface area contributed by atoms with Gasteiger partial charge in [0.25, 0.3) is 5.69 Å². The minimum atomic E-state index is -6.75. The fourth-order valence-electron chi connectivity index (χ4n) is 1.43. The monoisotopic (exact) mass is 366 g/mol. The molecule has 0 saturated heterocycles. The lowest BCUT2D eigenvalue weighted by Gasteiger charge is -2.31. The van der Waals surface area contributed by atoms with E-state index >= 15 is 0 Å². The molecule has 13 heteroatoms. The number of carbonyl (C=O) groups excluding carboxylic acids is 1. The number of hydrogen-bond donors (Lipinski definition) is 1. The van der Waals surface area contributed by atoms with Crippen molar-refractivity contribution in [2.75, 3.05) is 5.32 Å². The van der Waals surface area contributed by atoms with E-state index in [1.807, 2.05) is 0 Å². The SMILES string of the molecule is O=C(Nc1ccccc1[N+](=O)[O-])C(F)(F)C(F)(F)C(F)(F)C(F)F. The zero-order chi connectivity index (χ0) is 18.9. The first-order valence-corrected chi connectivity index (χ1v) is 5.73. The van der Waals surface area contributed by atoms with Crippen LogP contribution in [-0.4, -0.2) is 35.0 Å². The molecular formula is C11H6F8N2O3. The summed E-state index contributed by atoms with van der Waals surface area (Å²) in [6.07, 6.45) is -5.18. The lowest BCUT2D eigenvalue weighted by Crippen LogP contribution is -2.61. The maximum Gasteiger partial charge on any atom is 0.393 e. The van der Waals surface area contributed by atoms with E-state index in [9.17, 15) is 50.0 Å². The third kappa shape index (κ3) is 3.10. The number of alkyl halides is 8. The predicted molar refractivity (Wildman–Crippen MR) is 62.6 cm³/mol. The van der Waals surface area contributed by atoms with Gasteiger partial charge in [0, 0.05) is 6.07 Å². The first-order valence-electron chi connectivity index (χ1n) is 5.73. The van der Waals surface area contributed by atoms with Gasteiger partial charge in [0.05, 0.1) is 4.92 Å². The molecule has 134 valence electrons. The lowest BCUT2D eigenvalue weighted by molar-refractivity contribution is -0.384. The van der Waals surface area contributed by atoms with Crippen molar-refractivity contribution in [1.82, 2.24) is 0 Å². The first-order chi connectivity index (χ1) is 10.8. The highest BCUT2D eigenvalue weighted by molar-refractivity contribution is 5.98. The van der Waals surface area contributed by atoms with Gasteiger partial charge in [0.1, 0.15) is 5.69 Å². The zero-order valence-corrected chi connectivity index (χ0v) is 11.1. The molecule has 1 amide bonds. The quantitative estimate of drug-likeness (QED) is 0.474. The number of anilines is 1. The Labute approximate surface area is 127 Å². The Morgan fingerprint density at radius 2 is 1.58 bits per heavy atom. The third-order valence-corrected chi connectivity index (χ3v) is 2.72. The summed E-state index contributed by atoms with van der Waals surface area (Å²) in [5, 5.41) is 11.6. The van der Waals surface area contributed by atoms with Gasteiger partial charge in [-0.2, -0.15) is 26.3 Å². The van der Waals surface area contributed by atoms with Crippen LogP contribution in [0.25, 0.3) is 0 Å². The number of amides is 1. The Morgan fingerprint density at radius 3 is 2.04 bits per heavy atom. The van der Waals surface area contributed by atoms with Crippen molar-refractivity contribution in [3.05, 3.63) is 34.4 Å². The van der Waals surface area contributed by atoms with E-state index in [1.54, 1.807) is 0 Å². The summed E-state index contributed by atoms with van der Waals surface area (Å²) in [5.41, 5.74) is -2.02. The minimum Gasteiger partial charge on any atom is -0.315 e. The van der Waals surface area contributed by atoms with Crippen LogP contribution < -0.4 is 5.32 Å². The molecule has 0 heterocycles. The molecule has 0 aliphatic carbocycles. The molecule has 0 aliphatic rings. The Hall–Kier alpha value is -2.47. The Morgan fingerprint density at radius 1 is 1.08 bits per heavy atom. The van der Waals surface area contributed by atoms with Gasteiger partial charge < -0.3 is 5.32 Å². The van der Waals surface area contributed by atoms with E-state index in [1.165, 1.54) is 0 Å². The fraction of sp³-hybridized carbons (Fsp3) is 0.364. The van der Waals surface area contributed by atoms with Crippen molar-refractivity contribution in [1.29, 1.82) is 0 Å². The number of halogens is 8. The summed E-state index contributed by atoms with van der Waals surface area (Å²) >= 11 is 0. The van der Waals surface area contributed by atoms with Crippen molar-refractivity contribution in [3.8, 4) is 0 Å². The van der Waals surface area contributed by atoms with Gasteiger partial charge in [-0.05, 0) is 6.07 Å². The molecule has 0 spiro atoms. The molecule has 0 aromatic heterocycles. The van der Waals surface area contributed by atoms with Gasteiger partial charge in [0.15, 0.2) is 0 Å². The van der Waals surface area contributed by atoms with Crippen LogP contribution in [0.2, 0.25) is 0 Å². The van der Waals surface area contributed by atoms with E-state index in [-0.39, 0.29) is 0 Å². The Kier molecular flexibility index (Phi) is 5.06. The van der Waals surface area contributed by atoms with Crippen LogP contribution in [-0.2, 0) is 4.79 Å². The number of nitro groups is 1. The summed E-state index contributed by atoms with van der Waals surface area (Å²) in [4.78, 5) is 20.6. The van der Waals surface area contributed by atoms with E-state index in [0.717, 1.165) is 17.4 Å². The Bertz CT molecular complexity index is 650. The second kappa shape index (κ2) is 6.20. The first kappa shape index (κ1) is 19.6. The molecule has 1 aromatic rings. The van der Waals surface area contributed by atoms with E-state index in [2.05, 4.69) is 0 Å². The molecule has 0 saturated carbocycles. The number of nitrogens with one attached hydrogen (secondary N) is 1. The number of rotatable bonds is 6. The predicted octanol–water partition coefficient (Wildman–Crippen LogP) is 3.70. The summed E-state index contributed by atoms with van der Waals surface area (Å²) in [7, 11) is 0. The molecule has 1 rings (SSSR count). The minimum absolute atomic E-state index is 0.648. The highest BCUT2D eigenvalue weighted by Crippen LogP contribution is 2.49. The van der Waals surface area contributed by atoms with E-state index < -0.39 is 46.4 Å². The molecule has 1 aromatic carbocycles. The largest absolute Gasteiger partial charge is 0.393 e. The van der Waals surface area contributed by atoms with Crippen molar-refractivity contribution in [2.45, 2.75) is 24.2 Å². The van der Waals surface area contributed by atoms with Crippen LogP contribution in [0, 0.1) is 10.1 Å². The molecule has 0 aliphatic heterocycles. The molecule has 1 N–H and O–H groups in total. The average molecular weight is 366 g/mol. The van der Waals surface area contributed by atoms with Gasteiger partial charge in [0.2, 0.25) is 0 Å². The second-order valence-electron chi connectivity index (χ2n) is 4.30. The van der Waals surface area contributed by atoms with Crippen LogP contribution in [0.3, 0.4) is 0 Å². The maximum atomic E-state index is 13.3. The molecule has 24 heavy (non-hydrogen) atoms. The molecule has 0 unspecified atom stereocenters. The summed E-state index contributed by atoms with van der Waals surface area (Å²) in [6, 6.07) is 3.35. The maximum absolute atomic E-state index is 13.3. The van der Waals surface area contributed by atoms with Crippen LogP contribution in [0.5, 0.6) is 0 Å². The molecule has 5 nitrogen and oxygen atoms in total. The number of nitro benzene ring substituents is 1. The topological polar surface area (TPSA) is 72.2 Å². The number of benzene rings is 1. The fourth-order valence-corrected chi connectivity index (χ4v) is 1.43. The lowest BCUT2D eigenvalue weighted by atomic mass is 10.0. The zero-order valence-electron chi connectivity index (χ0n) is 11.1. The van der Waals surface area contributed by atoms with E-state index in [4.69, 9.17) is 0 Å². The van der Waals surface area contributed by atoms with Crippen LogP contribution in [0.15, 0.2) is 24.3 Å². The summed E-state index contributed by atoms with van der Waals surface area (Å²) in [5.74, 6) is -22.7. The Balaban J connectivity index is 3.21. The number of hydrogen-bond acceptors (Lipinski definition) is 3. The molecule has 0 radical (unpaired) electrons. The summed E-state index contributed by atoms with van der Waals surface area (Å²) in [6.45, 7) is 0. The normalized spacial score (nSPS) is 13.0. The van der Waals surface area contributed by atoms with Crippen molar-refractivity contribution in [3.63, 3.8) is 0 Å². The number of carbonyl (C=O) groups is 1. The molecule has 0 bridgehead atoms. The van der Waals surface area contributed by atoms with Gasteiger partial charge in [-0.3, -0.25) is 14.9 Å². The molecule has 0 fully saturated rings. The highest BCUT2D eigenvalue weighted by atomic mass is 19.4. The van der Waals surface area contributed by atoms with Gasteiger partial charge in [-0.25, -0.2) is 8.78 Å². The van der Waals surface area contributed by atoms with E-state index in [0.29, 0.717) is 12.1 Å². The van der Waals surface area contributed by atoms with Crippen LogP contribution in [0.1, 0.15) is 0 Å². The van der Waals surface area contributed by atoms with Crippen molar-refractivity contribution in [2.24, 2.45) is 0 Å². The smallest absolute Gasteiger partial charge is 0.315 e.